The number of fused-ring (bicyclic) bond motifs is 1. The maximum absolute atomic E-state index is 14.6. The highest BCUT2D eigenvalue weighted by atomic mass is 19.1. The molecule has 130 valence electrons. The fourth-order valence-corrected chi connectivity index (χ4v) is 3.03. The highest BCUT2D eigenvalue weighted by Crippen LogP contribution is 2.36. The Hall–Kier alpha value is -1.40. The molecule has 0 saturated carbocycles. The van der Waals surface area contributed by atoms with Crippen LogP contribution in [0.25, 0.3) is 11.0 Å². The Kier molecular flexibility index (Phi) is 4.04. The van der Waals surface area contributed by atoms with Crippen molar-refractivity contribution in [2.45, 2.75) is 66.2 Å². The molecule has 3 rings (SSSR count). The molecule has 1 aliphatic heterocycles. The fourth-order valence-electron chi connectivity index (χ4n) is 3.03. The van der Waals surface area contributed by atoms with Gasteiger partial charge in [-0.05, 0) is 58.1 Å². The molecule has 4 nitrogen and oxygen atoms in total. The zero-order valence-electron chi connectivity index (χ0n) is 15.6. The van der Waals surface area contributed by atoms with E-state index in [4.69, 9.17) is 9.31 Å². The quantitative estimate of drug-likeness (QED) is 0.808. The van der Waals surface area contributed by atoms with Crippen molar-refractivity contribution in [3.05, 3.63) is 23.8 Å². The summed E-state index contributed by atoms with van der Waals surface area (Å²) in [7, 11) is -0.573. The van der Waals surface area contributed by atoms with Gasteiger partial charge in [0, 0.05) is 6.54 Å². The monoisotopic (exact) mass is 332 g/mol. The van der Waals surface area contributed by atoms with Gasteiger partial charge in [-0.15, -0.1) is 0 Å². The van der Waals surface area contributed by atoms with E-state index in [-0.39, 0.29) is 5.82 Å². The van der Waals surface area contributed by atoms with Crippen LogP contribution in [0, 0.1) is 18.7 Å². The average molecular weight is 332 g/mol. The Morgan fingerprint density at radius 2 is 1.75 bits per heavy atom. The fraction of sp³-hybridized carbons (Fsp3) is 0.611. The minimum Gasteiger partial charge on any atom is -0.399 e. The number of aryl methyl sites for hydroxylation is 1. The first-order valence-electron chi connectivity index (χ1n) is 8.54. The molecule has 1 fully saturated rings. The van der Waals surface area contributed by atoms with Crippen molar-refractivity contribution in [2.24, 2.45) is 5.92 Å². The molecule has 24 heavy (non-hydrogen) atoms. The van der Waals surface area contributed by atoms with E-state index in [1.807, 2.05) is 40.7 Å². The van der Waals surface area contributed by atoms with Gasteiger partial charge in [0.15, 0.2) is 5.82 Å². The Balaban J connectivity index is 2.08. The third kappa shape index (κ3) is 2.76. The molecule has 0 spiro atoms. The molecule has 1 aliphatic rings. The lowest BCUT2D eigenvalue weighted by Gasteiger charge is -2.32. The van der Waals surface area contributed by atoms with Crippen LogP contribution in [0.5, 0.6) is 0 Å². The van der Waals surface area contributed by atoms with Gasteiger partial charge in [0.25, 0.3) is 0 Å². The van der Waals surface area contributed by atoms with E-state index in [0.29, 0.717) is 16.9 Å². The summed E-state index contributed by atoms with van der Waals surface area (Å²) in [5, 5.41) is 0. The highest BCUT2D eigenvalue weighted by molar-refractivity contribution is 6.62. The van der Waals surface area contributed by atoms with Crippen LogP contribution in [0.15, 0.2) is 12.1 Å². The molecule has 0 bridgehead atoms. The van der Waals surface area contributed by atoms with Gasteiger partial charge in [-0.3, -0.25) is 0 Å². The van der Waals surface area contributed by atoms with E-state index in [0.717, 1.165) is 17.9 Å². The minimum atomic E-state index is -0.573. The summed E-state index contributed by atoms with van der Waals surface area (Å²) in [6.45, 7) is 15.0. The zero-order valence-corrected chi connectivity index (χ0v) is 15.6. The Morgan fingerprint density at radius 3 is 2.29 bits per heavy atom. The standard InChI is InChI=1S/C18H26BFN2O2/c1-11(2)10-22-12(3)21-16-14(20)8-13(9-15(16)22)19-23-17(4,5)18(6,7)24-19/h8-9,11H,10H2,1-7H3. The lowest BCUT2D eigenvalue weighted by molar-refractivity contribution is 0.00578. The molecule has 0 N–H and O–H groups in total. The number of aromatic nitrogens is 2. The first-order chi connectivity index (χ1) is 11.0. The highest BCUT2D eigenvalue weighted by Gasteiger charge is 2.51. The predicted octanol–water partition coefficient (Wildman–Crippen LogP) is 3.44. The van der Waals surface area contributed by atoms with Crippen molar-refractivity contribution < 1.29 is 13.7 Å². The van der Waals surface area contributed by atoms with E-state index in [9.17, 15) is 4.39 Å². The van der Waals surface area contributed by atoms with Gasteiger partial charge >= 0.3 is 7.12 Å². The van der Waals surface area contributed by atoms with Gasteiger partial charge in [0.2, 0.25) is 0 Å². The van der Waals surface area contributed by atoms with Gasteiger partial charge in [-0.1, -0.05) is 13.8 Å². The Labute approximate surface area is 143 Å². The molecule has 0 atom stereocenters. The van der Waals surface area contributed by atoms with Gasteiger partial charge in [0.1, 0.15) is 11.3 Å². The van der Waals surface area contributed by atoms with Crippen molar-refractivity contribution in [3.63, 3.8) is 0 Å². The first kappa shape index (κ1) is 17.4. The lowest BCUT2D eigenvalue weighted by atomic mass is 9.79. The maximum atomic E-state index is 14.6. The van der Waals surface area contributed by atoms with Crippen LogP contribution in [-0.2, 0) is 15.9 Å². The normalized spacial score (nSPS) is 19.6. The summed E-state index contributed by atoms with van der Waals surface area (Å²) >= 11 is 0. The summed E-state index contributed by atoms with van der Waals surface area (Å²) in [5.74, 6) is 0.941. The molecule has 2 aromatic rings. The second-order valence-corrected chi connectivity index (χ2v) is 8.12. The van der Waals surface area contributed by atoms with Crippen molar-refractivity contribution in [3.8, 4) is 0 Å². The number of benzene rings is 1. The molecule has 0 aliphatic carbocycles. The number of rotatable bonds is 3. The first-order valence-corrected chi connectivity index (χ1v) is 8.54. The van der Waals surface area contributed by atoms with E-state index in [2.05, 4.69) is 23.4 Å². The van der Waals surface area contributed by atoms with Crippen LogP contribution in [0.1, 0.15) is 47.4 Å². The van der Waals surface area contributed by atoms with Gasteiger partial charge in [-0.25, -0.2) is 9.37 Å². The molecule has 1 saturated heterocycles. The number of hydrogen-bond acceptors (Lipinski definition) is 3. The molecule has 0 amide bonds. The maximum Gasteiger partial charge on any atom is 0.495 e. The second-order valence-electron chi connectivity index (χ2n) is 8.12. The Bertz CT molecular complexity index is 767. The van der Waals surface area contributed by atoms with Gasteiger partial charge < -0.3 is 13.9 Å². The second kappa shape index (κ2) is 5.56. The molecular weight excluding hydrogens is 306 g/mol. The number of imidazole rings is 1. The molecule has 1 aromatic carbocycles. The van der Waals surface area contributed by atoms with Crippen LogP contribution in [0.3, 0.4) is 0 Å². The lowest BCUT2D eigenvalue weighted by Crippen LogP contribution is -2.41. The third-order valence-electron chi connectivity index (χ3n) is 5.09. The van der Waals surface area contributed by atoms with Crippen LogP contribution >= 0.6 is 0 Å². The summed E-state index contributed by atoms with van der Waals surface area (Å²) < 4.78 is 28.8. The SMILES string of the molecule is Cc1nc2c(F)cc(B3OC(C)(C)C(C)(C)O3)cc2n1CC(C)C. The van der Waals surface area contributed by atoms with E-state index >= 15 is 0 Å². The van der Waals surface area contributed by atoms with Gasteiger partial charge in [0.05, 0.1) is 16.7 Å². The Morgan fingerprint density at radius 1 is 1.17 bits per heavy atom. The molecule has 0 unspecified atom stereocenters. The smallest absolute Gasteiger partial charge is 0.399 e. The predicted molar refractivity (Wildman–Crippen MR) is 95.0 cm³/mol. The molecular formula is C18H26BFN2O2. The molecule has 0 radical (unpaired) electrons. The van der Waals surface area contributed by atoms with Crippen LogP contribution in [0.2, 0.25) is 0 Å². The van der Waals surface area contributed by atoms with E-state index in [1.54, 1.807) is 0 Å². The summed E-state index contributed by atoms with van der Waals surface area (Å²) in [4.78, 5) is 4.40. The summed E-state index contributed by atoms with van der Waals surface area (Å²) in [6, 6.07) is 3.43. The molecule has 6 heteroatoms. The van der Waals surface area contributed by atoms with Crippen molar-refractivity contribution in [1.82, 2.24) is 9.55 Å². The van der Waals surface area contributed by atoms with Crippen molar-refractivity contribution >= 4 is 23.6 Å². The molecule has 2 heterocycles. The van der Waals surface area contributed by atoms with E-state index in [1.165, 1.54) is 6.07 Å². The van der Waals surface area contributed by atoms with Crippen molar-refractivity contribution in [1.29, 1.82) is 0 Å². The van der Waals surface area contributed by atoms with E-state index < -0.39 is 18.3 Å². The van der Waals surface area contributed by atoms with Crippen LogP contribution < -0.4 is 5.46 Å². The zero-order chi connectivity index (χ0) is 17.9. The third-order valence-corrected chi connectivity index (χ3v) is 5.09. The number of halogens is 1. The van der Waals surface area contributed by atoms with Crippen LogP contribution in [0.4, 0.5) is 4.39 Å². The van der Waals surface area contributed by atoms with Gasteiger partial charge in [-0.2, -0.15) is 0 Å². The molecule has 1 aromatic heterocycles. The number of hydrogen-bond donors (Lipinski definition) is 0. The van der Waals surface area contributed by atoms with Crippen LogP contribution in [-0.4, -0.2) is 27.9 Å². The number of nitrogens with zero attached hydrogens (tertiary/aromatic N) is 2. The topological polar surface area (TPSA) is 36.3 Å². The minimum absolute atomic E-state index is 0.331. The summed E-state index contributed by atoms with van der Waals surface area (Å²) in [6.07, 6.45) is 0. The average Bonchev–Trinajstić information content (AvgIpc) is 2.85. The largest absolute Gasteiger partial charge is 0.495 e. The van der Waals surface area contributed by atoms with Crippen molar-refractivity contribution in [2.75, 3.05) is 0 Å². The summed E-state index contributed by atoms with van der Waals surface area (Å²) in [5.41, 5.74) is 1.01.